The van der Waals surface area contributed by atoms with Crippen molar-refractivity contribution >= 4 is 11.6 Å². The standard InChI is InChI=1S/C13H16ClFN4/c1-19-8-9(7-17-19)5-6-12(18-16)10-3-2-4-11(15)13(10)14/h2-4,7-8,12,18H,5-6,16H2,1H3. The van der Waals surface area contributed by atoms with E-state index in [0.29, 0.717) is 12.0 Å². The summed E-state index contributed by atoms with van der Waals surface area (Å²) in [7, 11) is 1.87. The zero-order valence-corrected chi connectivity index (χ0v) is 11.4. The van der Waals surface area contributed by atoms with Gasteiger partial charge in [0.15, 0.2) is 0 Å². The van der Waals surface area contributed by atoms with E-state index in [1.165, 1.54) is 6.07 Å². The maximum atomic E-state index is 13.4. The van der Waals surface area contributed by atoms with Crippen LogP contribution in [-0.4, -0.2) is 9.78 Å². The monoisotopic (exact) mass is 282 g/mol. The first-order chi connectivity index (χ1) is 9.11. The van der Waals surface area contributed by atoms with E-state index in [4.69, 9.17) is 17.4 Å². The summed E-state index contributed by atoms with van der Waals surface area (Å²) in [6, 6.07) is 4.55. The smallest absolute Gasteiger partial charge is 0.142 e. The largest absolute Gasteiger partial charge is 0.276 e. The van der Waals surface area contributed by atoms with Crippen LogP contribution in [0.3, 0.4) is 0 Å². The molecule has 0 spiro atoms. The summed E-state index contributed by atoms with van der Waals surface area (Å²) in [5.74, 6) is 5.11. The number of rotatable bonds is 5. The van der Waals surface area contributed by atoms with E-state index in [9.17, 15) is 4.39 Å². The van der Waals surface area contributed by atoms with Gasteiger partial charge in [0.2, 0.25) is 0 Å². The van der Waals surface area contributed by atoms with Crippen molar-refractivity contribution < 1.29 is 4.39 Å². The highest BCUT2D eigenvalue weighted by Gasteiger charge is 2.15. The van der Waals surface area contributed by atoms with Gasteiger partial charge in [-0.2, -0.15) is 5.10 Å². The fraction of sp³-hybridized carbons (Fsp3) is 0.308. The number of nitrogens with zero attached hydrogens (tertiary/aromatic N) is 2. The van der Waals surface area contributed by atoms with Crippen molar-refractivity contribution in [2.75, 3.05) is 0 Å². The summed E-state index contributed by atoms with van der Waals surface area (Å²) in [6.07, 6.45) is 5.25. The normalized spacial score (nSPS) is 12.6. The van der Waals surface area contributed by atoms with Crippen LogP contribution >= 0.6 is 11.6 Å². The lowest BCUT2D eigenvalue weighted by molar-refractivity contribution is 0.512. The number of halogens is 2. The van der Waals surface area contributed by atoms with Crippen LogP contribution in [0.1, 0.15) is 23.6 Å². The fourth-order valence-corrected chi connectivity index (χ4v) is 2.29. The van der Waals surface area contributed by atoms with Crippen LogP contribution < -0.4 is 11.3 Å². The highest BCUT2D eigenvalue weighted by Crippen LogP contribution is 2.27. The molecule has 0 saturated carbocycles. The van der Waals surface area contributed by atoms with Crippen molar-refractivity contribution in [2.24, 2.45) is 12.9 Å². The highest BCUT2D eigenvalue weighted by atomic mass is 35.5. The summed E-state index contributed by atoms with van der Waals surface area (Å²) in [5.41, 5.74) is 4.47. The summed E-state index contributed by atoms with van der Waals surface area (Å²) < 4.78 is 15.2. The Morgan fingerprint density at radius 2 is 2.32 bits per heavy atom. The van der Waals surface area contributed by atoms with Gasteiger partial charge in [0.1, 0.15) is 5.82 Å². The van der Waals surface area contributed by atoms with Gasteiger partial charge in [-0.25, -0.2) is 4.39 Å². The highest BCUT2D eigenvalue weighted by molar-refractivity contribution is 6.31. The number of aromatic nitrogens is 2. The van der Waals surface area contributed by atoms with Crippen LogP contribution in [0.2, 0.25) is 5.02 Å². The van der Waals surface area contributed by atoms with Crippen LogP contribution in [0.15, 0.2) is 30.6 Å². The molecule has 0 saturated heterocycles. The molecule has 1 unspecified atom stereocenters. The van der Waals surface area contributed by atoms with E-state index in [1.807, 2.05) is 13.2 Å². The third-order valence-electron chi connectivity index (χ3n) is 3.04. The molecular weight excluding hydrogens is 267 g/mol. The number of nitrogens with two attached hydrogens (primary N) is 1. The molecule has 0 aliphatic rings. The number of benzene rings is 1. The molecule has 0 amide bonds. The predicted molar refractivity (Wildman–Crippen MR) is 73.0 cm³/mol. The van der Waals surface area contributed by atoms with Crippen LogP contribution in [0.25, 0.3) is 0 Å². The van der Waals surface area contributed by atoms with Crippen LogP contribution in [0.5, 0.6) is 0 Å². The van der Waals surface area contributed by atoms with Gasteiger partial charge in [-0.15, -0.1) is 0 Å². The molecule has 0 bridgehead atoms. The van der Waals surface area contributed by atoms with Crippen molar-refractivity contribution in [3.8, 4) is 0 Å². The lowest BCUT2D eigenvalue weighted by Gasteiger charge is -2.17. The lowest BCUT2D eigenvalue weighted by atomic mass is 10.0. The number of hydrogen-bond donors (Lipinski definition) is 2. The molecule has 0 aliphatic heterocycles. The summed E-state index contributed by atoms with van der Waals surface area (Å²) in [4.78, 5) is 0. The van der Waals surface area contributed by atoms with Crippen molar-refractivity contribution in [3.63, 3.8) is 0 Å². The van der Waals surface area contributed by atoms with Crippen molar-refractivity contribution in [1.29, 1.82) is 0 Å². The Morgan fingerprint density at radius 1 is 1.53 bits per heavy atom. The minimum Gasteiger partial charge on any atom is -0.276 e. The second kappa shape index (κ2) is 6.14. The summed E-state index contributed by atoms with van der Waals surface area (Å²) >= 11 is 5.97. The topological polar surface area (TPSA) is 55.9 Å². The first-order valence-corrected chi connectivity index (χ1v) is 6.37. The number of aryl methyl sites for hydroxylation is 2. The summed E-state index contributed by atoms with van der Waals surface area (Å²) in [5, 5.41) is 4.23. The molecule has 2 aromatic rings. The minimum atomic E-state index is -0.430. The van der Waals surface area contributed by atoms with E-state index in [1.54, 1.807) is 23.0 Å². The third-order valence-corrected chi connectivity index (χ3v) is 3.44. The van der Waals surface area contributed by atoms with E-state index >= 15 is 0 Å². The van der Waals surface area contributed by atoms with Gasteiger partial charge in [-0.1, -0.05) is 23.7 Å². The first kappa shape index (κ1) is 14.0. The maximum absolute atomic E-state index is 13.4. The summed E-state index contributed by atoms with van der Waals surface area (Å²) in [6.45, 7) is 0. The number of hydrazine groups is 1. The zero-order valence-electron chi connectivity index (χ0n) is 10.6. The molecule has 6 heteroatoms. The van der Waals surface area contributed by atoms with Crippen LogP contribution in [0.4, 0.5) is 4.39 Å². The molecule has 102 valence electrons. The Labute approximate surface area is 116 Å². The Kier molecular flexibility index (Phi) is 4.52. The van der Waals surface area contributed by atoms with Crippen molar-refractivity contribution in [3.05, 3.63) is 52.6 Å². The average Bonchev–Trinajstić information content (AvgIpc) is 2.81. The zero-order chi connectivity index (χ0) is 13.8. The molecular formula is C13H16ClFN4. The van der Waals surface area contributed by atoms with Gasteiger partial charge >= 0.3 is 0 Å². The Balaban J connectivity index is 2.09. The molecule has 19 heavy (non-hydrogen) atoms. The molecule has 1 heterocycles. The quantitative estimate of drug-likeness (QED) is 0.654. The fourth-order valence-electron chi connectivity index (χ4n) is 2.03. The minimum absolute atomic E-state index is 0.122. The molecule has 1 aromatic carbocycles. The number of nitrogens with one attached hydrogen (secondary N) is 1. The van der Waals surface area contributed by atoms with E-state index in [2.05, 4.69) is 10.5 Å². The number of hydrogen-bond acceptors (Lipinski definition) is 3. The Morgan fingerprint density at radius 3 is 2.95 bits per heavy atom. The van der Waals surface area contributed by atoms with E-state index in [0.717, 1.165) is 12.0 Å². The van der Waals surface area contributed by atoms with Gasteiger partial charge in [0, 0.05) is 19.3 Å². The van der Waals surface area contributed by atoms with Crippen molar-refractivity contribution in [1.82, 2.24) is 15.2 Å². The molecule has 2 rings (SSSR count). The van der Waals surface area contributed by atoms with Crippen molar-refractivity contribution in [2.45, 2.75) is 18.9 Å². The molecule has 3 N–H and O–H groups in total. The molecule has 1 aromatic heterocycles. The third kappa shape index (κ3) is 3.32. The SMILES string of the molecule is Cn1cc(CCC(NN)c2cccc(F)c2Cl)cn1. The van der Waals surface area contributed by atoms with Gasteiger partial charge in [-0.3, -0.25) is 16.0 Å². The van der Waals surface area contributed by atoms with E-state index < -0.39 is 5.82 Å². The Hall–Kier alpha value is -1.43. The maximum Gasteiger partial charge on any atom is 0.142 e. The molecule has 4 nitrogen and oxygen atoms in total. The molecule has 0 fully saturated rings. The molecule has 0 radical (unpaired) electrons. The lowest BCUT2D eigenvalue weighted by Crippen LogP contribution is -2.28. The second-order valence-electron chi connectivity index (χ2n) is 4.42. The van der Waals surface area contributed by atoms with Gasteiger partial charge in [0.25, 0.3) is 0 Å². The van der Waals surface area contributed by atoms with Crippen LogP contribution in [-0.2, 0) is 13.5 Å². The van der Waals surface area contributed by atoms with Gasteiger partial charge in [-0.05, 0) is 30.0 Å². The first-order valence-electron chi connectivity index (χ1n) is 5.99. The van der Waals surface area contributed by atoms with Crippen LogP contribution in [0, 0.1) is 5.82 Å². The van der Waals surface area contributed by atoms with Gasteiger partial charge in [0.05, 0.1) is 11.2 Å². The second-order valence-corrected chi connectivity index (χ2v) is 4.80. The van der Waals surface area contributed by atoms with Gasteiger partial charge < -0.3 is 0 Å². The predicted octanol–water partition coefficient (Wildman–Crippen LogP) is 2.35. The molecule has 0 aliphatic carbocycles. The van der Waals surface area contributed by atoms with E-state index in [-0.39, 0.29) is 11.1 Å². The average molecular weight is 283 g/mol. The molecule has 1 atom stereocenters. The Bertz CT molecular complexity index is 555.